The van der Waals surface area contributed by atoms with Gasteiger partial charge in [-0.25, -0.2) is 0 Å². The van der Waals surface area contributed by atoms with Gasteiger partial charge in [-0.2, -0.15) is 0 Å². The summed E-state index contributed by atoms with van der Waals surface area (Å²) in [5.41, 5.74) is 2.10. The summed E-state index contributed by atoms with van der Waals surface area (Å²) in [5, 5.41) is 3.01. The fourth-order valence-corrected chi connectivity index (χ4v) is 2.92. The summed E-state index contributed by atoms with van der Waals surface area (Å²) in [4.78, 5) is 14.9. The summed E-state index contributed by atoms with van der Waals surface area (Å²) >= 11 is 8.82. The Morgan fingerprint density at radius 2 is 2.30 bits per heavy atom. The molecule has 1 aromatic heterocycles. The van der Waals surface area contributed by atoms with Crippen molar-refractivity contribution in [1.82, 2.24) is 14.9 Å². The van der Waals surface area contributed by atoms with E-state index in [0.717, 1.165) is 41.3 Å². The molecule has 0 atom stereocenters. The molecule has 0 unspecified atom stereocenters. The van der Waals surface area contributed by atoms with Gasteiger partial charge in [0.2, 0.25) is 5.91 Å². The number of carbonyl (C=O) groups is 1. The van der Waals surface area contributed by atoms with E-state index >= 15 is 0 Å². The maximum Gasteiger partial charge on any atom is 0.220 e. The molecule has 1 amide bonds. The van der Waals surface area contributed by atoms with Crippen molar-refractivity contribution >= 4 is 45.1 Å². The number of aromatic nitrogens is 2. The van der Waals surface area contributed by atoms with Crippen LogP contribution in [0, 0.1) is 4.77 Å². The third-order valence-corrected chi connectivity index (χ3v) is 4.28. The molecule has 6 heteroatoms. The van der Waals surface area contributed by atoms with Crippen LogP contribution in [0.5, 0.6) is 0 Å². The van der Waals surface area contributed by atoms with Gasteiger partial charge in [0.25, 0.3) is 0 Å². The van der Waals surface area contributed by atoms with Gasteiger partial charge < -0.3 is 14.9 Å². The molecule has 1 aliphatic rings. The monoisotopic (exact) mass is 353 g/mol. The molecule has 0 saturated heterocycles. The van der Waals surface area contributed by atoms with E-state index in [2.05, 4.69) is 30.8 Å². The molecular weight excluding hydrogens is 338 g/mol. The summed E-state index contributed by atoms with van der Waals surface area (Å²) in [6, 6.07) is 6.48. The van der Waals surface area contributed by atoms with Gasteiger partial charge in [0.1, 0.15) is 0 Å². The Labute approximate surface area is 130 Å². The highest BCUT2D eigenvalue weighted by Crippen LogP contribution is 2.21. The Balaban J connectivity index is 1.67. The zero-order chi connectivity index (χ0) is 14.1. The van der Waals surface area contributed by atoms with Gasteiger partial charge in [0, 0.05) is 23.5 Å². The number of hydrogen-bond acceptors (Lipinski definition) is 2. The van der Waals surface area contributed by atoms with Gasteiger partial charge in [0.15, 0.2) is 4.77 Å². The maximum atomic E-state index is 11.7. The van der Waals surface area contributed by atoms with E-state index in [9.17, 15) is 4.79 Å². The first-order valence-electron chi connectivity index (χ1n) is 6.81. The Hall–Kier alpha value is -1.14. The molecule has 0 bridgehead atoms. The van der Waals surface area contributed by atoms with Crippen molar-refractivity contribution < 1.29 is 4.79 Å². The van der Waals surface area contributed by atoms with Crippen LogP contribution in [0.3, 0.4) is 0 Å². The zero-order valence-electron chi connectivity index (χ0n) is 11.0. The highest BCUT2D eigenvalue weighted by molar-refractivity contribution is 9.10. The molecule has 0 aliphatic heterocycles. The first-order valence-corrected chi connectivity index (χ1v) is 8.01. The maximum absolute atomic E-state index is 11.7. The van der Waals surface area contributed by atoms with Crippen LogP contribution in [0.2, 0.25) is 0 Å². The molecule has 1 heterocycles. The number of aryl methyl sites for hydroxylation is 1. The normalized spacial score (nSPS) is 14.7. The predicted octanol–water partition coefficient (Wildman–Crippen LogP) is 3.52. The number of nitrogens with one attached hydrogen (secondary N) is 2. The molecular formula is C14H16BrN3OS. The van der Waals surface area contributed by atoms with Crippen molar-refractivity contribution in [2.45, 2.75) is 38.3 Å². The smallest absolute Gasteiger partial charge is 0.220 e. The number of hydrogen-bond donors (Lipinski definition) is 2. The number of fused-ring (bicyclic) bond motifs is 1. The highest BCUT2D eigenvalue weighted by Gasteiger charge is 2.22. The Morgan fingerprint density at radius 3 is 3.05 bits per heavy atom. The van der Waals surface area contributed by atoms with E-state index in [0.29, 0.717) is 17.2 Å². The van der Waals surface area contributed by atoms with E-state index in [1.54, 1.807) is 0 Å². The largest absolute Gasteiger partial charge is 0.353 e. The number of H-pyrrole nitrogens is 1. The van der Waals surface area contributed by atoms with Crippen LogP contribution in [-0.4, -0.2) is 21.5 Å². The van der Waals surface area contributed by atoms with Crippen molar-refractivity contribution in [2.75, 3.05) is 0 Å². The lowest BCUT2D eigenvalue weighted by Gasteiger charge is -2.05. The van der Waals surface area contributed by atoms with Crippen LogP contribution in [0.25, 0.3) is 11.0 Å². The number of rotatable bonds is 5. The average Bonchev–Trinajstić information content (AvgIpc) is 3.15. The van der Waals surface area contributed by atoms with Crippen LogP contribution < -0.4 is 5.32 Å². The number of imidazole rings is 1. The Bertz CT molecular complexity index is 702. The number of benzene rings is 1. The standard InChI is InChI=1S/C14H16BrN3OS/c15-9-3-6-11-12(8-9)18(14(20)17-11)7-1-2-13(19)16-10-4-5-10/h3,6,8,10H,1-2,4-5,7H2,(H,16,19)(H,17,20). The molecule has 3 rings (SSSR count). The second-order valence-electron chi connectivity index (χ2n) is 5.19. The highest BCUT2D eigenvalue weighted by atomic mass is 79.9. The first kappa shape index (κ1) is 13.8. The summed E-state index contributed by atoms with van der Waals surface area (Å²) in [6.45, 7) is 0.757. The minimum absolute atomic E-state index is 0.153. The van der Waals surface area contributed by atoms with Crippen LogP contribution in [0.15, 0.2) is 22.7 Å². The summed E-state index contributed by atoms with van der Waals surface area (Å²) in [6.07, 6.45) is 3.62. The van der Waals surface area contributed by atoms with Crippen LogP contribution >= 0.6 is 28.1 Å². The van der Waals surface area contributed by atoms with Gasteiger partial charge in [-0.05, 0) is 49.7 Å². The Kier molecular flexibility index (Phi) is 3.94. The van der Waals surface area contributed by atoms with E-state index < -0.39 is 0 Å². The number of aromatic amines is 1. The third kappa shape index (κ3) is 3.12. The van der Waals surface area contributed by atoms with Crippen LogP contribution in [0.1, 0.15) is 25.7 Å². The first-order chi connectivity index (χ1) is 9.63. The van der Waals surface area contributed by atoms with Gasteiger partial charge in [-0.15, -0.1) is 0 Å². The topological polar surface area (TPSA) is 49.8 Å². The number of carbonyl (C=O) groups excluding carboxylic acids is 1. The number of halogens is 1. The molecule has 1 fully saturated rings. The van der Waals surface area contributed by atoms with Crippen molar-refractivity contribution in [3.05, 3.63) is 27.4 Å². The quantitative estimate of drug-likeness (QED) is 0.808. The molecule has 0 spiro atoms. The molecule has 106 valence electrons. The van der Waals surface area contributed by atoms with Gasteiger partial charge >= 0.3 is 0 Å². The molecule has 1 aromatic carbocycles. The third-order valence-electron chi connectivity index (χ3n) is 3.47. The fraction of sp³-hybridized carbons (Fsp3) is 0.429. The summed E-state index contributed by atoms with van der Waals surface area (Å²) in [5.74, 6) is 0.153. The second-order valence-corrected chi connectivity index (χ2v) is 6.49. The molecule has 1 aliphatic carbocycles. The lowest BCUT2D eigenvalue weighted by atomic mass is 10.2. The van der Waals surface area contributed by atoms with Gasteiger partial charge in [-0.3, -0.25) is 4.79 Å². The van der Waals surface area contributed by atoms with Crippen molar-refractivity contribution in [1.29, 1.82) is 0 Å². The van der Waals surface area contributed by atoms with E-state index in [4.69, 9.17) is 12.2 Å². The predicted molar refractivity (Wildman–Crippen MR) is 85.2 cm³/mol. The van der Waals surface area contributed by atoms with Crippen molar-refractivity contribution in [3.8, 4) is 0 Å². The molecule has 20 heavy (non-hydrogen) atoms. The van der Waals surface area contributed by atoms with Crippen LogP contribution in [0.4, 0.5) is 0 Å². The fourth-order valence-electron chi connectivity index (χ4n) is 2.27. The second kappa shape index (κ2) is 5.69. The van der Waals surface area contributed by atoms with Gasteiger partial charge in [0.05, 0.1) is 11.0 Å². The van der Waals surface area contributed by atoms with Crippen LogP contribution in [-0.2, 0) is 11.3 Å². The molecule has 4 nitrogen and oxygen atoms in total. The lowest BCUT2D eigenvalue weighted by molar-refractivity contribution is -0.121. The molecule has 2 N–H and O–H groups in total. The minimum Gasteiger partial charge on any atom is -0.353 e. The number of amides is 1. The van der Waals surface area contributed by atoms with Gasteiger partial charge in [-0.1, -0.05) is 15.9 Å². The summed E-state index contributed by atoms with van der Waals surface area (Å²) in [7, 11) is 0. The number of nitrogens with zero attached hydrogens (tertiary/aromatic N) is 1. The zero-order valence-corrected chi connectivity index (χ0v) is 13.4. The summed E-state index contributed by atoms with van der Waals surface area (Å²) < 4.78 is 3.79. The lowest BCUT2D eigenvalue weighted by Crippen LogP contribution is -2.25. The van der Waals surface area contributed by atoms with Crippen molar-refractivity contribution in [2.24, 2.45) is 0 Å². The van der Waals surface area contributed by atoms with Crippen molar-refractivity contribution in [3.63, 3.8) is 0 Å². The average molecular weight is 354 g/mol. The minimum atomic E-state index is 0.153. The molecule has 0 radical (unpaired) electrons. The SMILES string of the molecule is O=C(CCCn1c(=S)[nH]c2ccc(Br)cc21)NC1CC1. The Morgan fingerprint density at radius 1 is 1.50 bits per heavy atom. The molecule has 2 aromatic rings. The van der Waals surface area contributed by atoms with E-state index in [-0.39, 0.29) is 5.91 Å². The molecule has 1 saturated carbocycles. The van der Waals surface area contributed by atoms with E-state index in [1.165, 1.54) is 0 Å². The van der Waals surface area contributed by atoms with E-state index in [1.807, 2.05) is 18.2 Å².